The molecule has 3 aliphatic rings. The molecule has 0 radical (unpaired) electrons. The Balaban J connectivity index is 1.93. The Morgan fingerprint density at radius 1 is 1.12 bits per heavy atom. The summed E-state index contributed by atoms with van der Waals surface area (Å²) in [4.78, 5) is 34.7. The molecular formula is C14H12F6O6. The van der Waals surface area contributed by atoms with Gasteiger partial charge in [-0.3, -0.25) is 14.4 Å². The summed E-state index contributed by atoms with van der Waals surface area (Å²) in [6, 6.07) is 0. The Labute approximate surface area is 141 Å². The van der Waals surface area contributed by atoms with E-state index in [9.17, 15) is 40.7 Å². The Hall–Kier alpha value is -2.01. The number of hydrogen-bond acceptors (Lipinski definition) is 5. The maximum absolute atomic E-state index is 13.2. The summed E-state index contributed by atoms with van der Waals surface area (Å²) < 4.78 is 87.9. The van der Waals surface area contributed by atoms with E-state index in [0.29, 0.717) is 0 Å². The number of carbonyl (C=O) groups excluding carboxylic acids is 2. The normalized spacial score (nSPS) is 33.3. The van der Waals surface area contributed by atoms with Gasteiger partial charge in [-0.15, -0.1) is 0 Å². The molecule has 2 bridgehead atoms. The molecule has 1 saturated heterocycles. The van der Waals surface area contributed by atoms with Gasteiger partial charge >= 0.3 is 35.9 Å². The third-order valence-corrected chi connectivity index (χ3v) is 5.35. The van der Waals surface area contributed by atoms with Crippen LogP contribution in [0, 0.1) is 23.7 Å². The minimum Gasteiger partial charge on any atom is -0.481 e. The molecule has 1 heterocycles. The highest BCUT2D eigenvalue weighted by molar-refractivity contribution is 5.86. The Morgan fingerprint density at radius 2 is 1.69 bits per heavy atom. The van der Waals surface area contributed by atoms with E-state index in [1.165, 1.54) is 0 Å². The highest BCUT2D eigenvalue weighted by atomic mass is 19.4. The number of carboxylic acid groups (broad SMARTS) is 1. The summed E-state index contributed by atoms with van der Waals surface area (Å²) in [5.74, 6) is -8.94. The highest BCUT2D eigenvalue weighted by Crippen LogP contribution is 2.59. The van der Waals surface area contributed by atoms with Crippen molar-refractivity contribution in [1.82, 2.24) is 0 Å². The minimum atomic E-state index is -6.21. The molecule has 2 aliphatic carbocycles. The van der Waals surface area contributed by atoms with Gasteiger partial charge in [0.25, 0.3) is 0 Å². The van der Waals surface area contributed by atoms with Crippen LogP contribution in [0.1, 0.15) is 19.3 Å². The maximum atomic E-state index is 13.2. The van der Waals surface area contributed by atoms with Crippen molar-refractivity contribution < 1.29 is 55.3 Å². The van der Waals surface area contributed by atoms with E-state index < -0.39 is 72.1 Å². The molecule has 0 amide bonds. The summed E-state index contributed by atoms with van der Waals surface area (Å²) in [6.45, 7) is 0. The van der Waals surface area contributed by atoms with Gasteiger partial charge in [0.1, 0.15) is 12.5 Å². The van der Waals surface area contributed by atoms with Gasteiger partial charge < -0.3 is 14.6 Å². The fraction of sp³-hybridized carbons (Fsp3) is 0.786. The number of ether oxygens (including phenoxy) is 2. The van der Waals surface area contributed by atoms with Crippen LogP contribution in [0.25, 0.3) is 0 Å². The van der Waals surface area contributed by atoms with E-state index in [-0.39, 0.29) is 12.8 Å². The first-order valence-corrected chi connectivity index (χ1v) is 7.57. The Kier molecular flexibility index (Phi) is 3.97. The second-order valence-corrected chi connectivity index (χ2v) is 6.74. The Morgan fingerprint density at radius 3 is 2.19 bits per heavy atom. The number of aliphatic carboxylic acids is 1. The van der Waals surface area contributed by atoms with Gasteiger partial charge in [-0.25, -0.2) is 0 Å². The van der Waals surface area contributed by atoms with Crippen molar-refractivity contribution in [3.8, 4) is 0 Å². The third-order valence-electron chi connectivity index (χ3n) is 5.35. The van der Waals surface area contributed by atoms with Crippen LogP contribution in [-0.4, -0.2) is 47.1 Å². The fourth-order valence-electron chi connectivity index (χ4n) is 4.29. The van der Waals surface area contributed by atoms with Gasteiger partial charge in [-0.05, 0) is 18.8 Å². The number of carboxylic acids is 1. The summed E-state index contributed by atoms with van der Waals surface area (Å²) >= 11 is 0. The summed E-state index contributed by atoms with van der Waals surface area (Å²) in [7, 11) is 0. The van der Waals surface area contributed by atoms with Crippen molar-refractivity contribution in [2.45, 2.75) is 43.3 Å². The van der Waals surface area contributed by atoms with E-state index in [1.54, 1.807) is 0 Å². The van der Waals surface area contributed by atoms with Gasteiger partial charge in [0, 0.05) is 5.92 Å². The molecular weight excluding hydrogens is 378 g/mol. The molecule has 0 aromatic rings. The van der Waals surface area contributed by atoms with E-state index in [1.807, 2.05) is 0 Å². The van der Waals surface area contributed by atoms with Gasteiger partial charge in [0.15, 0.2) is 0 Å². The number of carbonyl (C=O) groups is 3. The molecule has 3 fully saturated rings. The number of rotatable bonds is 4. The van der Waals surface area contributed by atoms with Crippen LogP contribution in [0.15, 0.2) is 0 Å². The first-order valence-electron chi connectivity index (χ1n) is 7.57. The van der Waals surface area contributed by atoms with Gasteiger partial charge in [-0.1, -0.05) is 0 Å². The van der Waals surface area contributed by atoms with Crippen molar-refractivity contribution in [3.63, 3.8) is 0 Å². The van der Waals surface area contributed by atoms with Gasteiger partial charge in [0.2, 0.25) is 0 Å². The smallest absolute Gasteiger partial charge is 0.438 e. The largest absolute Gasteiger partial charge is 0.481 e. The lowest BCUT2D eigenvalue weighted by Crippen LogP contribution is -2.61. The lowest BCUT2D eigenvalue weighted by molar-refractivity contribution is -0.370. The van der Waals surface area contributed by atoms with Crippen LogP contribution in [-0.2, 0) is 23.9 Å². The van der Waals surface area contributed by atoms with Crippen molar-refractivity contribution in [2.24, 2.45) is 23.7 Å². The molecule has 6 nitrogen and oxygen atoms in total. The molecule has 12 heteroatoms. The molecule has 3 rings (SSSR count). The van der Waals surface area contributed by atoms with Crippen LogP contribution in [0.3, 0.4) is 0 Å². The number of alkyl halides is 6. The molecule has 2 saturated carbocycles. The van der Waals surface area contributed by atoms with Crippen molar-refractivity contribution in [2.75, 3.05) is 0 Å². The third kappa shape index (κ3) is 2.52. The maximum Gasteiger partial charge on any atom is 0.438 e. The number of halogens is 6. The molecule has 0 spiro atoms. The quantitative estimate of drug-likeness (QED) is 0.584. The molecule has 1 aliphatic heterocycles. The van der Waals surface area contributed by atoms with E-state index in [2.05, 4.69) is 4.74 Å². The molecule has 0 aromatic carbocycles. The lowest BCUT2D eigenvalue weighted by atomic mass is 9.80. The molecule has 5 atom stereocenters. The predicted molar refractivity (Wildman–Crippen MR) is 66.3 cm³/mol. The fourth-order valence-corrected chi connectivity index (χ4v) is 4.29. The zero-order chi connectivity index (χ0) is 19.7. The lowest BCUT2D eigenvalue weighted by Gasteiger charge is -2.37. The second-order valence-electron chi connectivity index (χ2n) is 6.74. The molecule has 5 unspecified atom stereocenters. The summed E-state index contributed by atoms with van der Waals surface area (Å²) in [6.07, 6.45) is -15.0. The predicted octanol–water partition coefficient (Wildman–Crippen LogP) is 2.07. The van der Waals surface area contributed by atoms with Crippen LogP contribution in [0.4, 0.5) is 26.3 Å². The van der Waals surface area contributed by atoms with Crippen LogP contribution >= 0.6 is 0 Å². The van der Waals surface area contributed by atoms with Crippen molar-refractivity contribution in [3.05, 3.63) is 0 Å². The van der Waals surface area contributed by atoms with E-state index in [4.69, 9.17) is 9.84 Å². The van der Waals surface area contributed by atoms with Crippen molar-refractivity contribution >= 4 is 17.9 Å². The monoisotopic (exact) mass is 390 g/mol. The first kappa shape index (κ1) is 18.8. The highest BCUT2D eigenvalue weighted by Gasteiger charge is 2.76. The number of hydrogen-bond donors (Lipinski definition) is 1. The van der Waals surface area contributed by atoms with Crippen LogP contribution in [0.5, 0.6) is 0 Å². The number of fused-ring (bicyclic) bond motifs is 1. The van der Waals surface area contributed by atoms with Gasteiger partial charge in [-0.2, -0.15) is 26.3 Å². The average molecular weight is 390 g/mol. The zero-order valence-electron chi connectivity index (χ0n) is 12.8. The van der Waals surface area contributed by atoms with Crippen molar-refractivity contribution in [1.29, 1.82) is 0 Å². The second kappa shape index (κ2) is 5.49. The standard InChI is InChI=1S/C14H12F6O6/c15-13(16,17)12(3-7(21)22,14(18,19)20)26-11(24)8-4-1-5-6(2-4)25-10(23)9(5)8/h4-6,8-9H,1-3H2,(H,21,22). The molecule has 1 N–H and O–H groups in total. The van der Waals surface area contributed by atoms with E-state index >= 15 is 0 Å². The topological polar surface area (TPSA) is 89.9 Å². The SMILES string of the molecule is O=C(O)CC(OC(=O)C1C2CC3OC(=O)C1C3C2)(C(F)(F)F)C(F)(F)F. The Bertz CT molecular complexity index is 639. The number of esters is 2. The van der Waals surface area contributed by atoms with E-state index in [0.717, 1.165) is 0 Å². The van der Waals surface area contributed by atoms with Gasteiger partial charge in [0.05, 0.1) is 11.8 Å². The molecule has 0 aromatic heterocycles. The van der Waals surface area contributed by atoms with Crippen LogP contribution < -0.4 is 0 Å². The summed E-state index contributed by atoms with van der Waals surface area (Å²) in [5.41, 5.74) is -5.19. The first-order chi connectivity index (χ1) is 11.8. The zero-order valence-corrected chi connectivity index (χ0v) is 12.8. The molecule has 146 valence electrons. The van der Waals surface area contributed by atoms with Crippen LogP contribution in [0.2, 0.25) is 0 Å². The summed E-state index contributed by atoms with van der Waals surface area (Å²) in [5, 5.41) is 8.54. The minimum absolute atomic E-state index is 0.149. The average Bonchev–Trinajstić information content (AvgIpc) is 3.04. The molecule has 26 heavy (non-hydrogen) atoms.